The Morgan fingerprint density at radius 2 is 1.36 bits per heavy atom. The van der Waals surface area contributed by atoms with Crippen molar-refractivity contribution >= 4 is 12.4 Å². The molecule has 0 atom stereocenters. The van der Waals surface area contributed by atoms with E-state index in [2.05, 4.69) is 20.2 Å². The van der Waals surface area contributed by atoms with E-state index in [1.807, 2.05) is 36.7 Å². The molecule has 2 rings (SSSR count). The summed E-state index contributed by atoms with van der Waals surface area (Å²) in [4.78, 5) is 6.00. The Morgan fingerprint density at radius 3 is 1.71 bits per heavy atom. The van der Waals surface area contributed by atoms with Crippen LogP contribution in [0.3, 0.4) is 0 Å². The molecular formula is C10H10N4. The Labute approximate surface area is 81.4 Å². The van der Waals surface area contributed by atoms with Gasteiger partial charge in [-0.2, -0.15) is 10.2 Å². The van der Waals surface area contributed by atoms with E-state index in [9.17, 15) is 0 Å². The zero-order valence-electron chi connectivity index (χ0n) is 7.51. The molecule has 70 valence electrons. The third-order valence-corrected chi connectivity index (χ3v) is 1.70. The number of hydrogen-bond donors (Lipinski definition) is 2. The van der Waals surface area contributed by atoms with Crippen molar-refractivity contribution in [1.82, 2.24) is 9.97 Å². The minimum atomic E-state index is 0.939. The van der Waals surface area contributed by atoms with Crippen molar-refractivity contribution in [2.45, 2.75) is 0 Å². The maximum atomic E-state index is 3.88. The molecule has 0 fully saturated rings. The van der Waals surface area contributed by atoms with Crippen molar-refractivity contribution in [1.29, 1.82) is 0 Å². The molecule has 0 saturated carbocycles. The largest absolute Gasteiger partial charge is 0.360 e. The van der Waals surface area contributed by atoms with E-state index >= 15 is 0 Å². The van der Waals surface area contributed by atoms with E-state index in [0.717, 1.165) is 11.4 Å². The fourth-order valence-corrected chi connectivity index (χ4v) is 1.04. The Hall–Kier alpha value is -2.10. The van der Waals surface area contributed by atoms with E-state index in [1.165, 1.54) is 0 Å². The predicted molar refractivity (Wildman–Crippen MR) is 56.8 cm³/mol. The van der Waals surface area contributed by atoms with Crippen LogP contribution in [0, 0.1) is 0 Å². The van der Waals surface area contributed by atoms with Gasteiger partial charge in [0.2, 0.25) is 0 Å². The molecule has 0 amide bonds. The second-order valence-corrected chi connectivity index (χ2v) is 2.74. The number of nitrogens with one attached hydrogen (secondary N) is 2. The molecular weight excluding hydrogens is 176 g/mol. The average Bonchev–Trinajstić information content (AvgIpc) is 2.86. The molecule has 2 heterocycles. The van der Waals surface area contributed by atoms with Gasteiger partial charge in [0.15, 0.2) is 0 Å². The number of aromatic nitrogens is 2. The fraction of sp³-hybridized carbons (Fsp3) is 0. The molecule has 0 bridgehead atoms. The fourth-order valence-electron chi connectivity index (χ4n) is 1.04. The number of hydrogen-bond acceptors (Lipinski definition) is 2. The Kier molecular flexibility index (Phi) is 2.56. The summed E-state index contributed by atoms with van der Waals surface area (Å²) in [5, 5.41) is 7.76. The quantitative estimate of drug-likeness (QED) is 0.542. The van der Waals surface area contributed by atoms with Gasteiger partial charge in [0.25, 0.3) is 0 Å². The van der Waals surface area contributed by atoms with E-state index in [4.69, 9.17) is 0 Å². The monoisotopic (exact) mass is 186 g/mol. The van der Waals surface area contributed by atoms with Gasteiger partial charge in [0, 0.05) is 12.4 Å². The molecule has 4 heteroatoms. The van der Waals surface area contributed by atoms with Crippen LogP contribution in [0.1, 0.15) is 11.4 Å². The lowest BCUT2D eigenvalue weighted by Gasteiger charge is -1.82. The maximum absolute atomic E-state index is 3.88. The molecule has 2 N–H and O–H groups in total. The third-order valence-electron chi connectivity index (χ3n) is 1.70. The van der Waals surface area contributed by atoms with Crippen LogP contribution in [0.25, 0.3) is 0 Å². The first kappa shape index (κ1) is 8.50. The van der Waals surface area contributed by atoms with Gasteiger partial charge in [-0.15, -0.1) is 0 Å². The molecule has 2 aromatic heterocycles. The van der Waals surface area contributed by atoms with Crippen molar-refractivity contribution in [2.24, 2.45) is 10.2 Å². The van der Waals surface area contributed by atoms with Crippen LogP contribution in [0.5, 0.6) is 0 Å². The van der Waals surface area contributed by atoms with Crippen LogP contribution < -0.4 is 0 Å². The smallest absolute Gasteiger partial charge is 0.0730 e. The molecule has 0 saturated heterocycles. The molecule has 0 unspecified atom stereocenters. The third kappa shape index (κ3) is 2.20. The van der Waals surface area contributed by atoms with Crippen molar-refractivity contribution in [2.75, 3.05) is 0 Å². The Morgan fingerprint density at radius 1 is 0.857 bits per heavy atom. The molecule has 0 spiro atoms. The Balaban J connectivity index is 1.94. The van der Waals surface area contributed by atoms with Crippen LogP contribution in [0.4, 0.5) is 0 Å². The first-order valence-electron chi connectivity index (χ1n) is 4.28. The molecule has 14 heavy (non-hydrogen) atoms. The highest BCUT2D eigenvalue weighted by atomic mass is 15.2. The van der Waals surface area contributed by atoms with Gasteiger partial charge in [0.05, 0.1) is 23.8 Å². The van der Waals surface area contributed by atoms with Gasteiger partial charge >= 0.3 is 0 Å². The second-order valence-electron chi connectivity index (χ2n) is 2.74. The summed E-state index contributed by atoms with van der Waals surface area (Å²) in [7, 11) is 0. The number of H-pyrrole nitrogens is 2. The molecule has 0 aliphatic heterocycles. The molecule has 0 radical (unpaired) electrons. The van der Waals surface area contributed by atoms with Gasteiger partial charge in [0.1, 0.15) is 0 Å². The van der Waals surface area contributed by atoms with E-state index in [0.29, 0.717) is 0 Å². The number of rotatable bonds is 3. The van der Waals surface area contributed by atoms with E-state index in [-0.39, 0.29) is 0 Å². The van der Waals surface area contributed by atoms with Gasteiger partial charge in [-0.3, -0.25) is 0 Å². The SMILES string of the molecule is C(=NN=Cc1ccc[nH]1)c1ccc[nH]1. The highest BCUT2D eigenvalue weighted by Crippen LogP contribution is 1.91. The van der Waals surface area contributed by atoms with Crippen molar-refractivity contribution < 1.29 is 0 Å². The summed E-state index contributed by atoms with van der Waals surface area (Å²) in [6, 6.07) is 7.67. The lowest BCUT2D eigenvalue weighted by Crippen LogP contribution is -1.79. The summed E-state index contributed by atoms with van der Waals surface area (Å²) in [6.45, 7) is 0. The second kappa shape index (κ2) is 4.23. The minimum absolute atomic E-state index is 0.939. The van der Waals surface area contributed by atoms with Crippen LogP contribution in [0.2, 0.25) is 0 Å². The zero-order valence-corrected chi connectivity index (χ0v) is 7.51. The van der Waals surface area contributed by atoms with Crippen LogP contribution in [-0.4, -0.2) is 22.4 Å². The maximum Gasteiger partial charge on any atom is 0.0730 e. The lowest BCUT2D eigenvalue weighted by atomic mass is 10.5. The van der Waals surface area contributed by atoms with Crippen LogP contribution in [-0.2, 0) is 0 Å². The van der Waals surface area contributed by atoms with Crippen molar-refractivity contribution in [3.05, 3.63) is 48.0 Å². The average molecular weight is 186 g/mol. The lowest BCUT2D eigenvalue weighted by molar-refractivity contribution is 1.24. The first-order chi connectivity index (χ1) is 6.95. The number of aromatic amines is 2. The van der Waals surface area contributed by atoms with Gasteiger partial charge in [-0.1, -0.05) is 0 Å². The van der Waals surface area contributed by atoms with Gasteiger partial charge < -0.3 is 9.97 Å². The van der Waals surface area contributed by atoms with Gasteiger partial charge in [-0.25, -0.2) is 0 Å². The normalized spacial score (nSPS) is 11.7. The molecule has 0 aliphatic carbocycles. The molecule has 2 aromatic rings. The standard InChI is InChI=1S/C10H10N4/c1-3-9(11-5-1)7-13-14-8-10-4-2-6-12-10/h1-8,11-12H. The predicted octanol–water partition coefficient (Wildman–Crippen LogP) is 1.80. The highest BCUT2D eigenvalue weighted by molar-refractivity contribution is 5.80. The van der Waals surface area contributed by atoms with E-state index < -0.39 is 0 Å². The Bertz CT molecular complexity index is 367. The van der Waals surface area contributed by atoms with Crippen LogP contribution >= 0.6 is 0 Å². The zero-order chi connectivity index (χ0) is 9.64. The summed E-state index contributed by atoms with van der Waals surface area (Å²) in [5.41, 5.74) is 1.88. The summed E-state index contributed by atoms with van der Waals surface area (Å²) in [5.74, 6) is 0. The van der Waals surface area contributed by atoms with Crippen molar-refractivity contribution in [3.8, 4) is 0 Å². The van der Waals surface area contributed by atoms with Crippen molar-refractivity contribution in [3.63, 3.8) is 0 Å². The van der Waals surface area contributed by atoms with Crippen LogP contribution in [0.15, 0.2) is 46.9 Å². The van der Waals surface area contributed by atoms with Gasteiger partial charge in [-0.05, 0) is 24.3 Å². The first-order valence-corrected chi connectivity index (χ1v) is 4.28. The topological polar surface area (TPSA) is 56.3 Å². The minimum Gasteiger partial charge on any atom is -0.360 e. The highest BCUT2D eigenvalue weighted by Gasteiger charge is 1.84. The summed E-state index contributed by atoms with van der Waals surface area (Å²) < 4.78 is 0. The van der Waals surface area contributed by atoms with E-state index in [1.54, 1.807) is 12.4 Å². The summed E-state index contributed by atoms with van der Waals surface area (Å²) >= 11 is 0. The molecule has 4 nitrogen and oxygen atoms in total. The number of nitrogens with zero attached hydrogens (tertiary/aromatic N) is 2. The molecule has 0 aromatic carbocycles. The molecule has 0 aliphatic rings. The summed E-state index contributed by atoms with van der Waals surface area (Å²) in [6.07, 6.45) is 7.02.